The Kier molecular flexibility index (Phi) is 5.44. The molecule has 0 spiro atoms. The van der Waals surface area contributed by atoms with Gasteiger partial charge in [0.05, 0.1) is 16.6 Å². The van der Waals surface area contributed by atoms with E-state index in [0.29, 0.717) is 5.88 Å². The van der Waals surface area contributed by atoms with Crippen molar-refractivity contribution in [2.75, 3.05) is 18.5 Å². The van der Waals surface area contributed by atoms with E-state index in [2.05, 4.69) is 54.4 Å². The molecule has 0 radical (unpaired) electrons. The van der Waals surface area contributed by atoms with Crippen LogP contribution in [0.2, 0.25) is 0 Å². The van der Waals surface area contributed by atoms with Gasteiger partial charge >= 0.3 is 0 Å². The molecule has 2 aromatic rings. The van der Waals surface area contributed by atoms with Gasteiger partial charge in [-0.25, -0.2) is 4.98 Å². The summed E-state index contributed by atoms with van der Waals surface area (Å²) in [5.74, 6) is 0.513. The van der Waals surface area contributed by atoms with E-state index < -0.39 is 0 Å². The number of rotatable bonds is 6. The van der Waals surface area contributed by atoms with Crippen molar-refractivity contribution in [3.63, 3.8) is 0 Å². The summed E-state index contributed by atoms with van der Waals surface area (Å²) in [5, 5.41) is 3.24. The monoisotopic (exact) mass is 308 g/mol. The van der Waals surface area contributed by atoms with Crippen LogP contribution in [-0.2, 0) is 12.3 Å². The highest BCUT2D eigenvalue weighted by atomic mass is 35.5. The molecule has 108 valence electrons. The smallest absolute Gasteiger partial charge is 0.0929 e. The summed E-state index contributed by atoms with van der Waals surface area (Å²) in [7, 11) is 2.15. The maximum Gasteiger partial charge on any atom is 0.0929 e. The number of thiazole rings is 1. The van der Waals surface area contributed by atoms with E-state index in [1.54, 1.807) is 11.3 Å². The minimum Gasteiger partial charge on any atom is -0.375 e. The number of aryl methyl sites for hydroxylation is 3. The van der Waals surface area contributed by atoms with Gasteiger partial charge in [0, 0.05) is 31.1 Å². The van der Waals surface area contributed by atoms with Gasteiger partial charge in [-0.1, -0.05) is 6.07 Å². The van der Waals surface area contributed by atoms with Gasteiger partial charge in [-0.15, -0.1) is 22.9 Å². The fraction of sp³-hybridized carbons (Fsp3) is 0.438. The average Bonchev–Trinajstić information content (AvgIpc) is 2.85. The van der Waals surface area contributed by atoms with Crippen LogP contribution in [-0.4, -0.2) is 18.6 Å². The summed E-state index contributed by atoms with van der Waals surface area (Å²) in [4.78, 5) is 6.81. The van der Waals surface area contributed by atoms with Gasteiger partial charge in [0.1, 0.15) is 0 Å². The fourth-order valence-electron chi connectivity index (χ4n) is 2.29. The third-order valence-electron chi connectivity index (χ3n) is 3.27. The Labute approximate surface area is 130 Å². The van der Waals surface area contributed by atoms with Crippen LogP contribution in [0.4, 0.5) is 5.69 Å². The molecule has 0 fully saturated rings. The molecule has 20 heavy (non-hydrogen) atoms. The number of nitrogens with zero attached hydrogens (tertiary/aromatic N) is 2. The Bertz CT molecular complexity index is 545. The van der Waals surface area contributed by atoms with Gasteiger partial charge < -0.3 is 4.90 Å². The predicted octanol–water partition coefficient (Wildman–Crippen LogP) is 4.57. The van der Waals surface area contributed by atoms with Crippen LogP contribution in [0.3, 0.4) is 0 Å². The van der Waals surface area contributed by atoms with Gasteiger partial charge in [-0.2, -0.15) is 0 Å². The molecule has 1 aromatic carbocycles. The van der Waals surface area contributed by atoms with Crippen molar-refractivity contribution in [2.45, 2.75) is 32.6 Å². The minimum absolute atomic E-state index is 0.513. The summed E-state index contributed by atoms with van der Waals surface area (Å²) in [5.41, 5.74) is 4.93. The van der Waals surface area contributed by atoms with Crippen LogP contribution < -0.4 is 4.90 Å². The average molecular weight is 309 g/mol. The van der Waals surface area contributed by atoms with Gasteiger partial charge in [-0.05, 0) is 43.5 Å². The Morgan fingerprint density at radius 2 is 1.90 bits per heavy atom. The number of anilines is 1. The third kappa shape index (κ3) is 4.22. The zero-order valence-corrected chi connectivity index (χ0v) is 13.9. The van der Waals surface area contributed by atoms with Crippen LogP contribution in [0.15, 0.2) is 23.6 Å². The lowest BCUT2D eigenvalue weighted by molar-refractivity contribution is 0.779. The van der Waals surface area contributed by atoms with Crippen molar-refractivity contribution in [2.24, 2.45) is 0 Å². The first-order chi connectivity index (χ1) is 9.58. The van der Waals surface area contributed by atoms with Crippen molar-refractivity contribution in [3.8, 4) is 0 Å². The van der Waals surface area contributed by atoms with E-state index in [1.807, 2.05) is 0 Å². The molecule has 0 N–H and O–H groups in total. The van der Waals surface area contributed by atoms with E-state index >= 15 is 0 Å². The highest BCUT2D eigenvalue weighted by Crippen LogP contribution is 2.19. The first-order valence-electron chi connectivity index (χ1n) is 6.87. The Morgan fingerprint density at radius 1 is 1.20 bits per heavy atom. The summed E-state index contributed by atoms with van der Waals surface area (Å²) >= 11 is 7.48. The van der Waals surface area contributed by atoms with Crippen molar-refractivity contribution in [1.29, 1.82) is 0 Å². The maximum absolute atomic E-state index is 5.77. The number of hydrogen-bond acceptors (Lipinski definition) is 3. The number of aromatic nitrogens is 1. The second-order valence-corrected chi connectivity index (χ2v) is 6.45. The molecule has 0 atom stereocenters. The van der Waals surface area contributed by atoms with Crippen molar-refractivity contribution < 1.29 is 0 Å². The van der Waals surface area contributed by atoms with Gasteiger partial charge in [0.25, 0.3) is 0 Å². The quantitative estimate of drug-likeness (QED) is 0.727. The van der Waals surface area contributed by atoms with E-state index in [-0.39, 0.29) is 0 Å². The van der Waals surface area contributed by atoms with Crippen LogP contribution in [0.1, 0.15) is 28.2 Å². The van der Waals surface area contributed by atoms with Crippen molar-refractivity contribution in [3.05, 3.63) is 45.4 Å². The number of halogens is 1. The lowest BCUT2D eigenvalue weighted by Gasteiger charge is -2.20. The SMILES string of the molecule is Cc1cc(C)cc(N(C)CCCc2nc(CCl)cs2)c1. The second-order valence-electron chi connectivity index (χ2n) is 5.24. The zero-order valence-electron chi connectivity index (χ0n) is 12.3. The first kappa shape index (κ1) is 15.3. The zero-order chi connectivity index (χ0) is 14.5. The molecular weight excluding hydrogens is 288 g/mol. The summed E-state index contributed by atoms with van der Waals surface area (Å²) in [6.07, 6.45) is 2.13. The topological polar surface area (TPSA) is 16.1 Å². The lowest BCUT2D eigenvalue weighted by atomic mass is 10.1. The molecule has 0 saturated heterocycles. The molecule has 2 rings (SSSR count). The molecule has 0 aliphatic heterocycles. The molecule has 2 nitrogen and oxygen atoms in total. The number of benzene rings is 1. The summed E-state index contributed by atoms with van der Waals surface area (Å²) in [6, 6.07) is 6.69. The lowest BCUT2D eigenvalue weighted by Crippen LogP contribution is -2.19. The number of hydrogen-bond donors (Lipinski definition) is 0. The molecule has 0 aliphatic rings. The highest BCUT2D eigenvalue weighted by molar-refractivity contribution is 7.09. The van der Waals surface area contributed by atoms with Crippen LogP contribution in [0.5, 0.6) is 0 Å². The molecule has 0 bridgehead atoms. The summed E-state index contributed by atoms with van der Waals surface area (Å²) in [6.45, 7) is 5.33. The molecule has 1 heterocycles. The molecule has 0 saturated carbocycles. The normalized spacial score (nSPS) is 10.8. The Balaban J connectivity index is 1.86. The maximum atomic E-state index is 5.77. The highest BCUT2D eigenvalue weighted by Gasteiger charge is 2.05. The largest absolute Gasteiger partial charge is 0.375 e. The first-order valence-corrected chi connectivity index (χ1v) is 8.28. The van der Waals surface area contributed by atoms with Gasteiger partial charge in [0.15, 0.2) is 0 Å². The number of alkyl halides is 1. The second kappa shape index (κ2) is 7.09. The van der Waals surface area contributed by atoms with Gasteiger partial charge in [0.2, 0.25) is 0 Å². The Hall–Kier alpha value is -1.06. The molecule has 0 aliphatic carbocycles. The molecule has 0 unspecified atom stereocenters. The Morgan fingerprint density at radius 3 is 2.50 bits per heavy atom. The molecule has 1 aromatic heterocycles. The molecular formula is C16H21ClN2S. The van der Waals surface area contributed by atoms with E-state index in [9.17, 15) is 0 Å². The van der Waals surface area contributed by atoms with Crippen molar-refractivity contribution >= 4 is 28.6 Å². The molecule has 0 amide bonds. The fourth-order valence-corrected chi connectivity index (χ4v) is 3.36. The standard InChI is InChI=1S/C16H21ClN2S/c1-12-7-13(2)9-15(8-12)19(3)6-4-5-16-18-14(10-17)11-20-16/h7-9,11H,4-6,10H2,1-3H3. The van der Waals surface area contributed by atoms with E-state index in [0.717, 1.165) is 25.1 Å². The van der Waals surface area contributed by atoms with Crippen molar-refractivity contribution in [1.82, 2.24) is 4.98 Å². The summed E-state index contributed by atoms with van der Waals surface area (Å²) < 4.78 is 0. The van der Waals surface area contributed by atoms with Crippen LogP contribution >= 0.6 is 22.9 Å². The van der Waals surface area contributed by atoms with E-state index in [4.69, 9.17) is 11.6 Å². The molecule has 4 heteroatoms. The predicted molar refractivity (Wildman–Crippen MR) is 89.2 cm³/mol. The van der Waals surface area contributed by atoms with E-state index in [1.165, 1.54) is 21.8 Å². The third-order valence-corrected chi connectivity index (χ3v) is 4.50. The van der Waals surface area contributed by atoms with Gasteiger partial charge in [-0.3, -0.25) is 0 Å². The minimum atomic E-state index is 0.513. The van der Waals surface area contributed by atoms with Crippen LogP contribution in [0, 0.1) is 13.8 Å². The van der Waals surface area contributed by atoms with Crippen LogP contribution in [0.25, 0.3) is 0 Å².